The van der Waals surface area contributed by atoms with Gasteiger partial charge in [0.05, 0.1) is 18.9 Å². The number of hydrogen-bond acceptors (Lipinski definition) is 5. The van der Waals surface area contributed by atoms with E-state index in [-0.39, 0.29) is 29.9 Å². The molecule has 3 aromatic rings. The van der Waals surface area contributed by atoms with Crippen molar-refractivity contribution < 1.29 is 22.8 Å². The van der Waals surface area contributed by atoms with Crippen LogP contribution in [0.15, 0.2) is 53.1 Å². The Labute approximate surface area is 172 Å². The van der Waals surface area contributed by atoms with Crippen molar-refractivity contribution in [3.63, 3.8) is 0 Å². The van der Waals surface area contributed by atoms with Crippen LogP contribution in [0.3, 0.4) is 0 Å². The second kappa shape index (κ2) is 9.02. The average Bonchev–Trinajstić information content (AvgIpc) is 3.39. The second-order valence-electron chi connectivity index (χ2n) is 7.23. The molecule has 1 fully saturated rings. The van der Waals surface area contributed by atoms with Gasteiger partial charge in [0.25, 0.3) is 0 Å². The summed E-state index contributed by atoms with van der Waals surface area (Å²) in [6.07, 6.45) is 1.36. The summed E-state index contributed by atoms with van der Waals surface area (Å²) >= 11 is 0. The molecule has 4 rings (SSSR count). The normalized spacial score (nSPS) is 16.1. The Bertz CT molecular complexity index is 1010. The second-order valence-corrected chi connectivity index (χ2v) is 7.23. The van der Waals surface area contributed by atoms with E-state index in [4.69, 9.17) is 9.26 Å². The highest BCUT2D eigenvalue weighted by Crippen LogP contribution is 2.26. The zero-order valence-electron chi connectivity index (χ0n) is 16.3. The molecule has 8 heteroatoms. The Morgan fingerprint density at radius 3 is 2.80 bits per heavy atom. The van der Waals surface area contributed by atoms with Gasteiger partial charge in [-0.15, -0.1) is 0 Å². The van der Waals surface area contributed by atoms with Crippen molar-refractivity contribution in [2.75, 3.05) is 19.7 Å². The van der Waals surface area contributed by atoms with Gasteiger partial charge < -0.3 is 14.2 Å². The third kappa shape index (κ3) is 5.00. The molecule has 1 aliphatic rings. The number of benzene rings is 2. The zero-order chi connectivity index (χ0) is 20.9. The molecule has 2 aromatic carbocycles. The monoisotopic (exact) mass is 413 g/mol. The number of hydrogen-bond donors (Lipinski definition) is 0. The van der Waals surface area contributed by atoms with E-state index in [2.05, 4.69) is 10.1 Å². The van der Waals surface area contributed by atoms with E-state index < -0.39 is 0 Å². The number of rotatable bonds is 7. The molecular formula is C22H21F2N3O3. The summed E-state index contributed by atoms with van der Waals surface area (Å²) in [5.41, 5.74) is 0.657. The molecule has 1 atom stereocenters. The van der Waals surface area contributed by atoms with E-state index in [1.54, 1.807) is 29.2 Å². The Balaban J connectivity index is 1.26. The van der Waals surface area contributed by atoms with Gasteiger partial charge in [0.15, 0.2) is 5.82 Å². The van der Waals surface area contributed by atoms with Crippen molar-refractivity contribution in [2.24, 2.45) is 0 Å². The van der Waals surface area contributed by atoms with Crippen molar-refractivity contribution in [3.05, 3.63) is 77.4 Å². The van der Waals surface area contributed by atoms with Gasteiger partial charge in [-0.2, -0.15) is 4.98 Å². The quantitative estimate of drug-likeness (QED) is 0.593. The van der Waals surface area contributed by atoms with E-state index in [1.165, 1.54) is 24.3 Å². The molecule has 0 saturated carbocycles. The van der Waals surface area contributed by atoms with Crippen LogP contribution in [-0.4, -0.2) is 40.6 Å². The predicted molar refractivity (Wildman–Crippen MR) is 104 cm³/mol. The third-order valence-electron chi connectivity index (χ3n) is 5.03. The van der Waals surface area contributed by atoms with Gasteiger partial charge in [-0.25, -0.2) is 8.78 Å². The number of likely N-dealkylation sites (tertiary alicyclic amines) is 1. The fraction of sp³-hybridized carbons (Fsp3) is 0.318. The highest BCUT2D eigenvalue weighted by atomic mass is 19.1. The van der Waals surface area contributed by atoms with E-state index in [9.17, 15) is 13.6 Å². The average molecular weight is 413 g/mol. The van der Waals surface area contributed by atoms with E-state index in [1.807, 2.05) is 0 Å². The molecule has 0 radical (unpaired) electrons. The number of nitrogens with zero attached hydrogens (tertiary/aromatic N) is 3. The lowest BCUT2D eigenvalue weighted by Crippen LogP contribution is -2.29. The van der Waals surface area contributed by atoms with Gasteiger partial charge in [0, 0.05) is 19.5 Å². The minimum atomic E-state index is -0.346. The first kappa shape index (κ1) is 20.0. The van der Waals surface area contributed by atoms with E-state index in [0.717, 1.165) is 6.42 Å². The standard InChI is InChI=1S/C22H21F2N3O3/c23-17-4-6-19(7-5-17)29-11-9-20-25-22(30-26-20)16-8-10-27(14-16)21(28)13-15-2-1-3-18(24)12-15/h1-7,12,16H,8-11,13-14H2. The topological polar surface area (TPSA) is 68.5 Å². The van der Waals surface area contributed by atoms with Crippen LogP contribution in [0.25, 0.3) is 0 Å². The first-order chi connectivity index (χ1) is 14.6. The van der Waals surface area contributed by atoms with Crippen LogP contribution in [0.4, 0.5) is 8.78 Å². The van der Waals surface area contributed by atoms with Crippen LogP contribution >= 0.6 is 0 Å². The van der Waals surface area contributed by atoms with Crippen molar-refractivity contribution in [1.29, 1.82) is 0 Å². The maximum absolute atomic E-state index is 13.3. The highest BCUT2D eigenvalue weighted by molar-refractivity contribution is 5.79. The minimum Gasteiger partial charge on any atom is -0.493 e. The molecule has 2 heterocycles. The van der Waals surface area contributed by atoms with Crippen LogP contribution in [0.1, 0.15) is 29.6 Å². The zero-order valence-corrected chi connectivity index (χ0v) is 16.3. The highest BCUT2D eigenvalue weighted by Gasteiger charge is 2.31. The lowest BCUT2D eigenvalue weighted by atomic mass is 10.1. The van der Waals surface area contributed by atoms with Crippen molar-refractivity contribution in [3.8, 4) is 5.75 Å². The molecule has 0 bridgehead atoms. The molecule has 1 unspecified atom stereocenters. The summed E-state index contributed by atoms with van der Waals surface area (Å²) in [6.45, 7) is 1.44. The summed E-state index contributed by atoms with van der Waals surface area (Å²) in [6, 6.07) is 11.9. The largest absolute Gasteiger partial charge is 0.493 e. The molecule has 1 saturated heterocycles. The van der Waals surface area contributed by atoms with Gasteiger partial charge in [0.1, 0.15) is 17.4 Å². The maximum Gasteiger partial charge on any atom is 0.231 e. The van der Waals surface area contributed by atoms with Gasteiger partial charge in [-0.05, 0) is 48.4 Å². The molecule has 0 spiro atoms. The van der Waals surface area contributed by atoms with Crippen LogP contribution in [0, 0.1) is 11.6 Å². The van der Waals surface area contributed by atoms with Crippen molar-refractivity contribution in [2.45, 2.75) is 25.2 Å². The molecular weight excluding hydrogens is 392 g/mol. The summed E-state index contributed by atoms with van der Waals surface area (Å²) in [5, 5.41) is 3.98. The maximum atomic E-state index is 13.3. The van der Waals surface area contributed by atoms with Gasteiger partial charge in [-0.1, -0.05) is 17.3 Å². The Morgan fingerprint density at radius 2 is 2.00 bits per heavy atom. The van der Waals surface area contributed by atoms with Gasteiger partial charge in [-0.3, -0.25) is 4.79 Å². The Morgan fingerprint density at radius 1 is 1.17 bits per heavy atom. The van der Waals surface area contributed by atoms with Gasteiger partial charge in [0.2, 0.25) is 11.8 Å². The summed E-state index contributed by atoms with van der Waals surface area (Å²) in [7, 11) is 0. The number of aromatic nitrogens is 2. The molecule has 6 nitrogen and oxygen atoms in total. The number of halogens is 2. The molecule has 0 aliphatic carbocycles. The Hall–Kier alpha value is -3.29. The SMILES string of the molecule is O=C(Cc1cccc(F)c1)N1CCC(c2nc(CCOc3ccc(F)cc3)no2)C1. The molecule has 1 aromatic heterocycles. The summed E-state index contributed by atoms with van der Waals surface area (Å²) in [5.74, 6) is 0.885. The summed E-state index contributed by atoms with van der Waals surface area (Å²) < 4.78 is 37.1. The van der Waals surface area contributed by atoms with E-state index >= 15 is 0 Å². The molecule has 30 heavy (non-hydrogen) atoms. The van der Waals surface area contributed by atoms with Crippen LogP contribution < -0.4 is 4.74 Å². The van der Waals surface area contributed by atoms with Crippen LogP contribution in [0.5, 0.6) is 5.75 Å². The fourth-order valence-electron chi connectivity index (χ4n) is 3.45. The molecule has 1 amide bonds. The molecule has 1 aliphatic heterocycles. The predicted octanol–water partition coefficient (Wildman–Crippen LogP) is 3.53. The third-order valence-corrected chi connectivity index (χ3v) is 5.03. The number of carbonyl (C=O) groups is 1. The van der Waals surface area contributed by atoms with E-state index in [0.29, 0.717) is 49.1 Å². The fourth-order valence-corrected chi connectivity index (χ4v) is 3.45. The smallest absolute Gasteiger partial charge is 0.231 e. The first-order valence-corrected chi connectivity index (χ1v) is 9.80. The van der Waals surface area contributed by atoms with Crippen molar-refractivity contribution in [1.82, 2.24) is 15.0 Å². The molecule has 0 N–H and O–H groups in total. The van der Waals surface area contributed by atoms with Crippen molar-refractivity contribution >= 4 is 5.91 Å². The van der Waals surface area contributed by atoms with Crippen LogP contribution in [0.2, 0.25) is 0 Å². The lowest BCUT2D eigenvalue weighted by Gasteiger charge is -2.15. The number of amides is 1. The minimum absolute atomic E-state index is 0.0132. The van der Waals surface area contributed by atoms with Gasteiger partial charge >= 0.3 is 0 Å². The molecule has 156 valence electrons. The summed E-state index contributed by atoms with van der Waals surface area (Å²) in [4.78, 5) is 18.7. The number of ether oxygens (including phenoxy) is 1. The first-order valence-electron chi connectivity index (χ1n) is 9.80. The Kier molecular flexibility index (Phi) is 6.02. The number of carbonyl (C=O) groups excluding carboxylic acids is 1. The van der Waals surface area contributed by atoms with Crippen LogP contribution in [-0.2, 0) is 17.6 Å². The lowest BCUT2D eigenvalue weighted by molar-refractivity contribution is -0.129.